The van der Waals surface area contributed by atoms with Gasteiger partial charge >= 0.3 is 0 Å². The second-order valence-corrected chi connectivity index (χ2v) is 6.11. The highest BCUT2D eigenvalue weighted by molar-refractivity contribution is 9.09. The Kier molecular flexibility index (Phi) is 4.26. The summed E-state index contributed by atoms with van der Waals surface area (Å²) >= 11 is 9.44. The first kappa shape index (κ1) is 12.4. The van der Waals surface area contributed by atoms with E-state index >= 15 is 0 Å². The Hall–Kier alpha value is -0.0800. The van der Waals surface area contributed by atoms with Crippen LogP contribution < -0.4 is 0 Å². The zero-order valence-corrected chi connectivity index (χ0v) is 11.4. The highest BCUT2D eigenvalue weighted by atomic mass is 79.9. The smallest absolute Gasteiger partial charge is 0.127 e. The maximum Gasteiger partial charge on any atom is 0.127 e. The van der Waals surface area contributed by atoms with Crippen LogP contribution in [0.4, 0.5) is 4.39 Å². The van der Waals surface area contributed by atoms with Gasteiger partial charge < -0.3 is 0 Å². The Balaban J connectivity index is 2.07. The summed E-state index contributed by atoms with van der Waals surface area (Å²) in [5, 5.41) is 0.472. The molecule has 1 aliphatic rings. The molecule has 0 spiro atoms. The van der Waals surface area contributed by atoms with Crippen molar-refractivity contribution in [2.24, 2.45) is 5.92 Å². The summed E-state index contributed by atoms with van der Waals surface area (Å²) in [6.45, 7) is 0. The molecule has 0 radical (unpaired) electrons. The lowest BCUT2D eigenvalue weighted by atomic mass is 9.84. The predicted octanol–water partition coefficient (Wildman–Crippen LogP) is 4.98. The van der Waals surface area contributed by atoms with E-state index in [1.54, 1.807) is 6.07 Å². The lowest BCUT2D eigenvalue weighted by molar-refractivity contribution is 0.369. The zero-order chi connectivity index (χ0) is 11.5. The number of hydrogen-bond donors (Lipinski definition) is 0. The summed E-state index contributed by atoms with van der Waals surface area (Å²) in [6, 6.07) is 4.99. The summed E-state index contributed by atoms with van der Waals surface area (Å²) in [5.74, 6) is 0.391. The van der Waals surface area contributed by atoms with Crippen molar-refractivity contribution in [2.75, 3.05) is 0 Å². The molecule has 1 aromatic carbocycles. The van der Waals surface area contributed by atoms with Crippen LogP contribution in [-0.4, -0.2) is 4.83 Å². The Bertz CT molecular complexity index is 367. The van der Waals surface area contributed by atoms with E-state index < -0.39 is 0 Å². The number of benzene rings is 1. The van der Waals surface area contributed by atoms with Gasteiger partial charge in [-0.05, 0) is 42.9 Å². The number of rotatable bonds is 2. The van der Waals surface area contributed by atoms with Gasteiger partial charge in [0, 0.05) is 9.85 Å². The average molecular weight is 306 g/mol. The van der Waals surface area contributed by atoms with Crippen molar-refractivity contribution in [3.8, 4) is 0 Å². The van der Waals surface area contributed by atoms with Gasteiger partial charge in [0.15, 0.2) is 0 Å². The van der Waals surface area contributed by atoms with Gasteiger partial charge in [-0.3, -0.25) is 0 Å². The van der Waals surface area contributed by atoms with Crippen molar-refractivity contribution in [1.29, 1.82) is 0 Å². The maximum absolute atomic E-state index is 13.6. The minimum atomic E-state index is -0.169. The standard InChI is InChI=1S/C13H15BrClF/c14-12-4-2-1-3-9(12)7-10-5-6-11(15)8-13(10)16/h5-6,8-9,12H,1-4,7H2. The first-order chi connectivity index (χ1) is 7.66. The van der Waals surface area contributed by atoms with Gasteiger partial charge in [0.2, 0.25) is 0 Å². The Labute approximate surface area is 109 Å². The third-order valence-corrected chi connectivity index (χ3v) is 4.75. The van der Waals surface area contributed by atoms with E-state index in [1.807, 2.05) is 6.07 Å². The second kappa shape index (κ2) is 5.50. The number of alkyl halides is 1. The van der Waals surface area contributed by atoms with E-state index in [9.17, 15) is 4.39 Å². The molecule has 0 nitrogen and oxygen atoms in total. The molecule has 16 heavy (non-hydrogen) atoms. The molecule has 0 aromatic heterocycles. The minimum Gasteiger partial charge on any atom is -0.207 e. The highest BCUT2D eigenvalue weighted by Crippen LogP contribution is 2.33. The third-order valence-electron chi connectivity index (χ3n) is 3.31. The zero-order valence-electron chi connectivity index (χ0n) is 9.06. The lowest BCUT2D eigenvalue weighted by Crippen LogP contribution is -2.21. The fourth-order valence-corrected chi connectivity index (χ4v) is 3.30. The second-order valence-electron chi connectivity index (χ2n) is 4.50. The van der Waals surface area contributed by atoms with Crippen LogP contribution in [0.5, 0.6) is 0 Å². The van der Waals surface area contributed by atoms with Gasteiger partial charge in [-0.15, -0.1) is 0 Å². The highest BCUT2D eigenvalue weighted by Gasteiger charge is 2.23. The summed E-state index contributed by atoms with van der Waals surface area (Å²) in [4.78, 5) is 0.538. The van der Waals surface area contributed by atoms with E-state index in [-0.39, 0.29) is 5.82 Å². The van der Waals surface area contributed by atoms with Crippen LogP contribution in [0.25, 0.3) is 0 Å². The first-order valence-electron chi connectivity index (χ1n) is 5.75. The van der Waals surface area contributed by atoms with Gasteiger partial charge in [-0.1, -0.05) is 46.4 Å². The molecule has 1 aromatic rings. The Morgan fingerprint density at radius 3 is 2.75 bits per heavy atom. The van der Waals surface area contributed by atoms with Crippen LogP contribution in [0.2, 0.25) is 5.02 Å². The third kappa shape index (κ3) is 2.98. The molecule has 3 heteroatoms. The first-order valence-corrected chi connectivity index (χ1v) is 7.04. The summed E-state index contributed by atoms with van der Waals surface area (Å²) in [5.41, 5.74) is 0.792. The molecular formula is C13H15BrClF. The average Bonchev–Trinajstić information content (AvgIpc) is 2.25. The van der Waals surface area contributed by atoms with Crippen LogP contribution in [-0.2, 0) is 6.42 Å². The minimum absolute atomic E-state index is 0.169. The van der Waals surface area contributed by atoms with Crippen LogP contribution in [0, 0.1) is 11.7 Å². The van der Waals surface area contributed by atoms with Crippen molar-refractivity contribution >= 4 is 27.5 Å². The molecular weight excluding hydrogens is 290 g/mol. The van der Waals surface area contributed by atoms with Gasteiger partial charge in [-0.2, -0.15) is 0 Å². The van der Waals surface area contributed by atoms with Crippen LogP contribution in [0.3, 0.4) is 0 Å². The lowest BCUT2D eigenvalue weighted by Gasteiger charge is -2.27. The largest absolute Gasteiger partial charge is 0.207 e. The summed E-state index contributed by atoms with van der Waals surface area (Å²) < 4.78 is 13.6. The van der Waals surface area contributed by atoms with Crippen molar-refractivity contribution < 1.29 is 4.39 Å². The van der Waals surface area contributed by atoms with Crippen LogP contribution in [0.15, 0.2) is 18.2 Å². The Morgan fingerprint density at radius 2 is 2.06 bits per heavy atom. The fourth-order valence-electron chi connectivity index (χ4n) is 2.36. The molecule has 0 N–H and O–H groups in total. The molecule has 2 unspecified atom stereocenters. The molecule has 0 aliphatic heterocycles. The fraction of sp³-hybridized carbons (Fsp3) is 0.538. The maximum atomic E-state index is 13.6. The van der Waals surface area contributed by atoms with Crippen molar-refractivity contribution in [3.05, 3.63) is 34.6 Å². The molecule has 1 aliphatic carbocycles. The van der Waals surface area contributed by atoms with E-state index in [0.29, 0.717) is 15.8 Å². The summed E-state index contributed by atoms with van der Waals surface area (Å²) in [7, 11) is 0. The topological polar surface area (TPSA) is 0 Å². The van der Waals surface area contributed by atoms with E-state index in [4.69, 9.17) is 11.6 Å². The molecule has 0 saturated heterocycles. The van der Waals surface area contributed by atoms with Crippen molar-refractivity contribution in [3.63, 3.8) is 0 Å². The quantitative estimate of drug-likeness (QED) is 0.676. The van der Waals surface area contributed by atoms with Crippen LogP contribution in [0.1, 0.15) is 31.2 Å². The molecule has 0 bridgehead atoms. The molecule has 0 heterocycles. The predicted molar refractivity (Wildman–Crippen MR) is 69.8 cm³/mol. The monoisotopic (exact) mass is 304 g/mol. The van der Waals surface area contributed by atoms with Crippen molar-refractivity contribution in [1.82, 2.24) is 0 Å². The molecule has 1 saturated carbocycles. The normalized spacial score (nSPS) is 25.7. The molecule has 1 fully saturated rings. The summed E-state index contributed by atoms with van der Waals surface area (Å²) in [6.07, 6.45) is 5.77. The van der Waals surface area contributed by atoms with Gasteiger partial charge in [0.05, 0.1) is 0 Å². The van der Waals surface area contributed by atoms with Gasteiger partial charge in [0.1, 0.15) is 5.82 Å². The number of hydrogen-bond acceptors (Lipinski definition) is 0. The van der Waals surface area contributed by atoms with Crippen molar-refractivity contribution in [2.45, 2.75) is 36.9 Å². The van der Waals surface area contributed by atoms with Crippen LogP contribution >= 0.6 is 27.5 Å². The molecule has 88 valence electrons. The van der Waals surface area contributed by atoms with E-state index in [2.05, 4.69) is 15.9 Å². The molecule has 2 atom stereocenters. The van der Waals surface area contributed by atoms with Gasteiger partial charge in [0.25, 0.3) is 0 Å². The van der Waals surface area contributed by atoms with E-state index in [1.165, 1.54) is 31.7 Å². The van der Waals surface area contributed by atoms with Gasteiger partial charge in [-0.25, -0.2) is 4.39 Å². The Morgan fingerprint density at radius 1 is 1.31 bits per heavy atom. The number of halogens is 3. The SMILES string of the molecule is Fc1cc(Cl)ccc1CC1CCCCC1Br. The van der Waals surface area contributed by atoms with E-state index in [0.717, 1.165) is 12.0 Å². The molecule has 0 amide bonds. The molecule has 2 rings (SSSR count).